The van der Waals surface area contributed by atoms with Crippen molar-refractivity contribution < 1.29 is 37.6 Å². The molecular weight excluding hydrogens is 582 g/mol. The lowest BCUT2D eigenvalue weighted by Gasteiger charge is -2.32. The Morgan fingerprint density at radius 1 is 0.630 bits per heavy atom. The number of methoxy groups -OCH3 is 2. The van der Waals surface area contributed by atoms with Crippen LogP contribution in [0.15, 0.2) is 36.4 Å². The van der Waals surface area contributed by atoms with Crippen LogP contribution in [0.3, 0.4) is 0 Å². The summed E-state index contributed by atoms with van der Waals surface area (Å²) in [5.41, 5.74) is 3.87. The van der Waals surface area contributed by atoms with Gasteiger partial charge in [0, 0.05) is 36.3 Å². The van der Waals surface area contributed by atoms with Crippen molar-refractivity contribution in [1.82, 2.24) is 0 Å². The van der Waals surface area contributed by atoms with Crippen molar-refractivity contribution in [3.05, 3.63) is 47.5 Å². The SMILES string of the molecule is COCOc1c(B2OC(C)(C)C(C)(C)O2)cc2c(c1-c1c(OCOC)c(B3OC(C)(C)C(C)(C)O3)cc3ccccc13)CCCC2. The van der Waals surface area contributed by atoms with Crippen molar-refractivity contribution in [3.63, 3.8) is 0 Å². The van der Waals surface area contributed by atoms with E-state index < -0.39 is 36.6 Å². The van der Waals surface area contributed by atoms with Crippen LogP contribution in [-0.4, -0.2) is 64.4 Å². The van der Waals surface area contributed by atoms with Crippen LogP contribution in [0.4, 0.5) is 0 Å². The van der Waals surface area contributed by atoms with Crippen LogP contribution >= 0.6 is 0 Å². The van der Waals surface area contributed by atoms with Gasteiger partial charge in [0.05, 0.1) is 22.4 Å². The number of hydrogen-bond donors (Lipinski definition) is 0. The van der Waals surface area contributed by atoms with Gasteiger partial charge in [-0.2, -0.15) is 0 Å². The molecule has 1 aliphatic carbocycles. The summed E-state index contributed by atoms with van der Waals surface area (Å²) in [6.07, 6.45) is 4.02. The van der Waals surface area contributed by atoms with Crippen molar-refractivity contribution in [3.8, 4) is 22.6 Å². The van der Waals surface area contributed by atoms with Gasteiger partial charge in [-0.3, -0.25) is 0 Å². The summed E-state index contributed by atoms with van der Waals surface area (Å²) in [4.78, 5) is 0. The van der Waals surface area contributed by atoms with Crippen LogP contribution < -0.4 is 20.4 Å². The predicted octanol–water partition coefficient (Wildman–Crippen LogP) is 5.95. The zero-order valence-corrected chi connectivity index (χ0v) is 29.1. The van der Waals surface area contributed by atoms with E-state index in [0.717, 1.165) is 58.5 Å². The Kier molecular flexibility index (Phi) is 8.79. The summed E-state index contributed by atoms with van der Waals surface area (Å²) >= 11 is 0. The standard InChI is InChI=1S/C36H48B2O8/c1-33(2)34(3,4)44-37(43-33)27-19-23-15-11-13-17-25(23)29(31(27)41-21-39-9)30-26-18-14-12-16-24(26)20-28(32(30)42-22-40-10)38-45-35(5,6)36(7,8)46-38/h11,13,15,17,19-20H,12,14,16,18,21-22H2,1-10H3. The van der Waals surface area contributed by atoms with Crippen molar-refractivity contribution in [2.75, 3.05) is 27.8 Å². The fourth-order valence-electron chi connectivity index (χ4n) is 6.61. The Bertz CT molecular complexity index is 1580. The molecule has 46 heavy (non-hydrogen) atoms. The Morgan fingerprint density at radius 3 is 1.65 bits per heavy atom. The summed E-state index contributed by atoms with van der Waals surface area (Å²) in [5.74, 6) is 1.31. The largest absolute Gasteiger partial charge is 0.498 e. The molecule has 2 aliphatic heterocycles. The molecule has 0 unspecified atom stereocenters. The lowest BCUT2D eigenvalue weighted by molar-refractivity contribution is 0.00578. The van der Waals surface area contributed by atoms with Gasteiger partial charge in [0.15, 0.2) is 13.6 Å². The second-order valence-electron chi connectivity index (χ2n) is 14.7. The molecule has 2 fully saturated rings. The molecule has 246 valence electrons. The van der Waals surface area contributed by atoms with E-state index >= 15 is 0 Å². The van der Waals surface area contributed by atoms with Crippen molar-refractivity contribution in [2.24, 2.45) is 0 Å². The van der Waals surface area contributed by atoms with E-state index in [2.05, 4.69) is 91.8 Å². The maximum atomic E-state index is 6.65. The second-order valence-corrected chi connectivity index (χ2v) is 14.7. The second kappa shape index (κ2) is 12.1. The molecule has 0 bridgehead atoms. The summed E-state index contributed by atoms with van der Waals surface area (Å²) in [7, 11) is 1.96. The minimum atomic E-state index is -0.661. The van der Waals surface area contributed by atoms with Gasteiger partial charge in [-0.15, -0.1) is 0 Å². The molecule has 10 heteroatoms. The lowest BCUT2D eigenvalue weighted by atomic mass is 9.70. The number of fused-ring (bicyclic) bond motifs is 2. The number of ether oxygens (including phenoxy) is 4. The summed E-state index contributed by atoms with van der Waals surface area (Å²) < 4.78 is 50.8. The first kappa shape index (κ1) is 33.3. The Balaban J connectivity index is 1.69. The van der Waals surface area contributed by atoms with E-state index in [9.17, 15) is 0 Å². The molecular formula is C36H48B2O8. The summed E-state index contributed by atoms with van der Waals surface area (Å²) in [5, 5.41) is 2.06. The molecule has 8 nitrogen and oxygen atoms in total. The van der Waals surface area contributed by atoms with Crippen LogP contribution in [0.2, 0.25) is 0 Å². The molecule has 3 aromatic carbocycles. The average molecular weight is 630 g/mol. The van der Waals surface area contributed by atoms with Crippen LogP contribution in [0.5, 0.6) is 11.5 Å². The highest BCUT2D eigenvalue weighted by Gasteiger charge is 2.54. The quantitative estimate of drug-likeness (QED) is 0.212. The first-order valence-electron chi connectivity index (χ1n) is 16.4. The molecule has 6 rings (SSSR count). The van der Waals surface area contributed by atoms with Gasteiger partial charge in [0.2, 0.25) is 0 Å². The molecule has 3 aromatic rings. The lowest BCUT2D eigenvalue weighted by Crippen LogP contribution is -2.41. The van der Waals surface area contributed by atoms with Crippen LogP contribution in [0, 0.1) is 0 Å². The van der Waals surface area contributed by atoms with Gasteiger partial charge < -0.3 is 37.6 Å². The fourth-order valence-corrected chi connectivity index (χ4v) is 6.61. The third-order valence-corrected chi connectivity index (χ3v) is 10.6. The van der Waals surface area contributed by atoms with E-state index in [1.54, 1.807) is 14.2 Å². The van der Waals surface area contributed by atoms with Crippen molar-refractivity contribution in [2.45, 2.75) is 103 Å². The summed E-state index contributed by atoms with van der Waals surface area (Å²) in [6.45, 7) is 16.6. The third kappa shape index (κ3) is 5.65. The number of benzene rings is 3. The fraction of sp³-hybridized carbons (Fsp3) is 0.556. The number of rotatable bonds is 9. The molecule has 0 spiro atoms. The van der Waals surface area contributed by atoms with Crippen LogP contribution in [0.25, 0.3) is 21.9 Å². The van der Waals surface area contributed by atoms with Gasteiger partial charge in [0.1, 0.15) is 11.5 Å². The Labute approximate surface area is 274 Å². The van der Waals surface area contributed by atoms with Crippen molar-refractivity contribution in [1.29, 1.82) is 0 Å². The Hall–Kier alpha value is -2.59. The number of aryl methyl sites for hydroxylation is 1. The Morgan fingerprint density at radius 2 is 1.11 bits per heavy atom. The number of hydrogen-bond acceptors (Lipinski definition) is 8. The maximum absolute atomic E-state index is 6.65. The molecule has 3 aliphatic rings. The van der Waals surface area contributed by atoms with Gasteiger partial charge >= 0.3 is 14.2 Å². The molecule has 0 amide bonds. The molecule has 2 saturated heterocycles. The monoisotopic (exact) mass is 630 g/mol. The van der Waals surface area contributed by atoms with Crippen LogP contribution in [-0.2, 0) is 40.9 Å². The van der Waals surface area contributed by atoms with E-state index in [4.69, 9.17) is 37.6 Å². The predicted molar refractivity (Wildman–Crippen MR) is 182 cm³/mol. The first-order valence-corrected chi connectivity index (χ1v) is 16.4. The molecule has 2 heterocycles. The molecule has 0 atom stereocenters. The summed E-state index contributed by atoms with van der Waals surface area (Å²) in [6, 6.07) is 12.7. The van der Waals surface area contributed by atoms with Gasteiger partial charge in [-0.05, 0) is 103 Å². The van der Waals surface area contributed by atoms with Crippen LogP contribution in [0.1, 0.15) is 79.4 Å². The zero-order chi connectivity index (χ0) is 33.1. The smallest absolute Gasteiger partial charge is 0.467 e. The maximum Gasteiger partial charge on any atom is 0.498 e. The highest BCUT2D eigenvalue weighted by Crippen LogP contribution is 2.48. The van der Waals surface area contributed by atoms with Gasteiger partial charge in [-0.25, -0.2) is 0 Å². The normalized spacial score (nSPS) is 21.1. The molecule has 0 N–H and O–H groups in total. The third-order valence-electron chi connectivity index (χ3n) is 10.6. The average Bonchev–Trinajstić information content (AvgIpc) is 3.36. The van der Waals surface area contributed by atoms with E-state index in [0.29, 0.717) is 11.5 Å². The zero-order valence-electron chi connectivity index (χ0n) is 29.1. The van der Waals surface area contributed by atoms with Gasteiger partial charge in [0.25, 0.3) is 0 Å². The highest BCUT2D eigenvalue weighted by molar-refractivity contribution is 6.64. The minimum Gasteiger partial charge on any atom is -0.467 e. The van der Waals surface area contributed by atoms with E-state index in [-0.39, 0.29) is 13.6 Å². The van der Waals surface area contributed by atoms with Gasteiger partial charge in [-0.1, -0.05) is 36.4 Å². The minimum absolute atomic E-state index is 0.0468. The molecule has 0 aromatic heterocycles. The molecule has 0 saturated carbocycles. The topological polar surface area (TPSA) is 73.8 Å². The molecule has 0 radical (unpaired) electrons. The highest BCUT2D eigenvalue weighted by atomic mass is 16.7. The first-order chi connectivity index (χ1) is 21.7. The van der Waals surface area contributed by atoms with E-state index in [1.807, 2.05) is 0 Å². The van der Waals surface area contributed by atoms with Crippen molar-refractivity contribution >= 4 is 35.9 Å². The van der Waals surface area contributed by atoms with E-state index in [1.165, 1.54) is 11.1 Å².